The molecular weight excluding hydrogens is 323 g/mol. The number of ether oxygens (including phenoxy) is 1. The fraction of sp³-hybridized carbons (Fsp3) is 0.385. The molecule has 0 aromatic heterocycles. The summed E-state index contributed by atoms with van der Waals surface area (Å²) < 4.78 is 16.7. The highest BCUT2D eigenvalue weighted by Gasteiger charge is 2.15. The predicted octanol–water partition coefficient (Wildman–Crippen LogP) is 3.01. The van der Waals surface area contributed by atoms with E-state index < -0.39 is 16.8 Å². The average Bonchev–Trinajstić information content (AvgIpc) is 2.39. The van der Waals surface area contributed by atoms with Gasteiger partial charge in [-0.2, -0.15) is 0 Å². The van der Waals surface area contributed by atoms with Crippen LogP contribution in [0.1, 0.15) is 19.8 Å². The van der Waals surface area contributed by atoms with Gasteiger partial charge in [-0.3, -0.25) is 13.8 Å². The van der Waals surface area contributed by atoms with Crippen molar-refractivity contribution in [2.45, 2.75) is 24.7 Å². The Labute approximate surface area is 129 Å². The zero-order valence-corrected chi connectivity index (χ0v) is 13.2. The molecular formula is C13H14Cl2O4S. The number of rotatable bonds is 7. The lowest BCUT2D eigenvalue weighted by Gasteiger charge is -2.05. The highest BCUT2D eigenvalue weighted by atomic mass is 35.5. The zero-order valence-electron chi connectivity index (χ0n) is 10.9. The summed E-state index contributed by atoms with van der Waals surface area (Å²) in [6.45, 7) is 1.97. The maximum Gasteiger partial charge on any atom is 0.306 e. The summed E-state index contributed by atoms with van der Waals surface area (Å²) in [4.78, 5) is 23.1. The van der Waals surface area contributed by atoms with Gasteiger partial charge in [-0.25, -0.2) is 0 Å². The predicted molar refractivity (Wildman–Crippen MR) is 78.6 cm³/mol. The Kier molecular flexibility index (Phi) is 7.19. The first-order valence-corrected chi connectivity index (χ1v) is 8.02. The van der Waals surface area contributed by atoms with Crippen LogP contribution in [0.25, 0.3) is 0 Å². The summed E-state index contributed by atoms with van der Waals surface area (Å²) in [7, 11) is -1.57. The third-order valence-corrected chi connectivity index (χ3v) is 4.43. The van der Waals surface area contributed by atoms with Gasteiger partial charge in [0.15, 0.2) is 0 Å². The SMILES string of the molecule is CCOC(=O)CCC(=O)CS(=O)c1cc(Cl)ccc1Cl. The minimum Gasteiger partial charge on any atom is -0.466 e. The number of hydrogen-bond acceptors (Lipinski definition) is 4. The van der Waals surface area contributed by atoms with Gasteiger partial charge in [-0.1, -0.05) is 23.2 Å². The van der Waals surface area contributed by atoms with Gasteiger partial charge < -0.3 is 4.74 Å². The van der Waals surface area contributed by atoms with Crippen LogP contribution in [-0.2, 0) is 25.1 Å². The fourth-order valence-electron chi connectivity index (χ4n) is 1.42. The maximum atomic E-state index is 12.0. The van der Waals surface area contributed by atoms with E-state index in [4.69, 9.17) is 27.9 Å². The lowest BCUT2D eigenvalue weighted by atomic mass is 10.2. The molecule has 0 saturated carbocycles. The van der Waals surface area contributed by atoms with Crippen molar-refractivity contribution in [1.29, 1.82) is 0 Å². The first-order valence-electron chi connectivity index (χ1n) is 5.94. The molecule has 0 N–H and O–H groups in total. The number of Topliss-reactive ketones (excluding diaryl/α,β-unsaturated/α-hetero) is 1. The Bertz CT molecular complexity index is 531. The highest BCUT2D eigenvalue weighted by Crippen LogP contribution is 2.24. The van der Waals surface area contributed by atoms with Gasteiger partial charge in [-0.05, 0) is 25.1 Å². The molecule has 20 heavy (non-hydrogen) atoms. The molecule has 0 fully saturated rings. The fourth-order valence-corrected chi connectivity index (χ4v) is 3.17. The Balaban J connectivity index is 2.55. The van der Waals surface area contributed by atoms with E-state index in [-0.39, 0.29) is 31.0 Å². The molecule has 0 aliphatic rings. The van der Waals surface area contributed by atoms with Crippen LogP contribution in [0.4, 0.5) is 0 Å². The lowest BCUT2D eigenvalue weighted by Crippen LogP contribution is -2.14. The molecule has 0 aliphatic heterocycles. The second-order valence-corrected chi connectivity index (χ2v) is 6.17. The molecule has 0 radical (unpaired) electrons. The molecule has 7 heteroatoms. The van der Waals surface area contributed by atoms with Crippen molar-refractivity contribution in [2.75, 3.05) is 12.4 Å². The number of benzene rings is 1. The van der Waals surface area contributed by atoms with Crippen molar-refractivity contribution in [1.82, 2.24) is 0 Å². The molecule has 1 rings (SSSR count). The van der Waals surface area contributed by atoms with Gasteiger partial charge in [0.05, 0.1) is 39.5 Å². The third-order valence-electron chi connectivity index (χ3n) is 2.34. The number of hydrogen-bond donors (Lipinski definition) is 0. The van der Waals surface area contributed by atoms with Crippen molar-refractivity contribution in [3.63, 3.8) is 0 Å². The number of ketones is 1. The van der Waals surface area contributed by atoms with E-state index in [1.165, 1.54) is 12.1 Å². The van der Waals surface area contributed by atoms with Crippen LogP contribution in [-0.4, -0.2) is 28.3 Å². The number of esters is 1. The minimum absolute atomic E-state index is 0.00274. The summed E-state index contributed by atoms with van der Waals surface area (Å²) >= 11 is 11.7. The zero-order chi connectivity index (χ0) is 15.1. The van der Waals surface area contributed by atoms with Crippen LogP contribution in [0.15, 0.2) is 23.1 Å². The summed E-state index contributed by atoms with van der Waals surface area (Å²) in [6.07, 6.45) is -0.00406. The first-order chi connectivity index (χ1) is 9.43. The Morgan fingerprint density at radius 1 is 1.25 bits per heavy atom. The number of halogens is 2. The number of carbonyl (C=O) groups is 2. The van der Waals surface area contributed by atoms with Crippen molar-refractivity contribution in [3.8, 4) is 0 Å². The van der Waals surface area contributed by atoms with Crippen LogP contribution in [0, 0.1) is 0 Å². The van der Waals surface area contributed by atoms with Crippen molar-refractivity contribution >= 4 is 45.8 Å². The second kappa shape index (κ2) is 8.39. The van der Waals surface area contributed by atoms with Gasteiger partial charge in [0, 0.05) is 11.4 Å². The van der Waals surface area contributed by atoms with Crippen LogP contribution >= 0.6 is 23.2 Å². The Hall–Kier alpha value is -0.910. The normalized spacial score (nSPS) is 11.9. The highest BCUT2D eigenvalue weighted by molar-refractivity contribution is 7.86. The number of carbonyl (C=O) groups excluding carboxylic acids is 2. The van der Waals surface area contributed by atoms with E-state index >= 15 is 0 Å². The second-order valence-electron chi connectivity index (χ2n) is 3.91. The molecule has 1 unspecified atom stereocenters. The quantitative estimate of drug-likeness (QED) is 0.718. The van der Waals surface area contributed by atoms with Crippen LogP contribution < -0.4 is 0 Å². The van der Waals surface area contributed by atoms with E-state index in [1.54, 1.807) is 13.0 Å². The van der Waals surface area contributed by atoms with Crippen molar-refractivity contribution in [2.24, 2.45) is 0 Å². The van der Waals surface area contributed by atoms with Crippen molar-refractivity contribution in [3.05, 3.63) is 28.2 Å². The van der Waals surface area contributed by atoms with E-state index in [0.717, 1.165) is 0 Å². The van der Waals surface area contributed by atoms with Crippen molar-refractivity contribution < 1.29 is 18.5 Å². The van der Waals surface area contributed by atoms with Crippen LogP contribution in [0.5, 0.6) is 0 Å². The molecule has 110 valence electrons. The summed E-state index contributed by atoms with van der Waals surface area (Å²) in [5.41, 5.74) is 0. The Morgan fingerprint density at radius 2 is 1.95 bits per heavy atom. The minimum atomic E-state index is -1.57. The molecule has 0 aliphatic carbocycles. The van der Waals surface area contributed by atoms with E-state index in [0.29, 0.717) is 14.9 Å². The lowest BCUT2D eigenvalue weighted by molar-refractivity contribution is -0.144. The van der Waals surface area contributed by atoms with Crippen LogP contribution in [0.3, 0.4) is 0 Å². The molecule has 0 amide bonds. The monoisotopic (exact) mass is 336 g/mol. The molecule has 0 bridgehead atoms. The molecule has 4 nitrogen and oxygen atoms in total. The van der Waals surface area contributed by atoms with E-state index in [1.807, 2.05) is 0 Å². The molecule has 0 heterocycles. The molecule has 1 aromatic rings. The van der Waals surface area contributed by atoms with Gasteiger partial charge in [0.2, 0.25) is 0 Å². The Morgan fingerprint density at radius 3 is 2.60 bits per heavy atom. The molecule has 0 spiro atoms. The average molecular weight is 337 g/mol. The summed E-state index contributed by atoms with van der Waals surface area (Å²) in [6, 6.07) is 4.58. The van der Waals surface area contributed by atoms with Gasteiger partial charge in [0.1, 0.15) is 5.78 Å². The standard InChI is InChI=1S/C13H14Cl2O4S/c1-2-19-13(17)6-4-10(16)8-20(18)12-7-9(14)3-5-11(12)15/h3,5,7H,2,4,6,8H2,1H3. The third kappa shape index (κ3) is 5.61. The summed E-state index contributed by atoms with van der Waals surface area (Å²) in [5, 5.41) is 0.697. The molecule has 0 saturated heterocycles. The molecule has 1 atom stereocenters. The van der Waals surface area contributed by atoms with Gasteiger partial charge in [-0.15, -0.1) is 0 Å². The van der Waals surface area contributed by atoms with E-state index in [9.17, 15) is 13.8 Å². The van der Waals surface area contributed by atoms with Gasteiger partial charge in [0.25, 0.3) is 0 Å². The largest absolute Gasteiger partial charge is 0.466 e. The van der Waals surface area contributed by atoms with E-state index in [2.05, 4.69) is 0 Å². The first kappa shape index (κ1) is 17.1. The topological polar surface area (TPSA) is 60.4 Å². The van der Waals surface area contributed by atoms with Crippen LogP contribution in [0.2, 0.25) is 10.0 Å². The van der Waals surface area contributed by atoms with Gasteiger partial charge >= 0.3 is 5.97 Å². The summed E-state index contributed by atoms with van der Waals surface area (Å²) in [5.74, 6) is -0.917. The molecule has 1 aromatic carbocycles. The smallest absolute Gasteiger partial charge is 0.306 e. The maximum absolute atomic E-state index is 12.0.